The summed E-state index contributed by atoms with van der Waals surface area (Å²) in [5.41, 5.74) is 17.9. The second-order valence-electron chi connectivity index (χ2n) is 16.3. The number of hydrogen-bond acceptors (Lipinski definition) is 0. The van der Waals surface area contributed by atoms with E-state index in [9.17, 15) is 0 Å². The summed E-state index contributed by atoms with van der Waals surface area (Å²) in [5.74, 6) is 0. The van der Waals surface area contributed by atoms with Gasteiger partial charge in [0.25, 0.3) is 0 Å². The fraction of sp³-hybridized carbons (Fsp3) is 0.0169. The van der Waals surface area contributed by atoms with Gasteiger partial charge in [0.05, 0.1) is 5.41 Å². The molecule has 0 N–H and O–H groups in total. The van der Waals surface area contributed by atoms with Crippen molar-refractivity contribution in [1.29, 1.82) is 0 Å². The Morgan fingerprint density at radius 1 is 0.237 bits per heavy atom. The van der Waals surface area contributed by atoms with E-state index in [0.717, 1.165) is 0 Å². The number of fused-ring (bicyclic) bond motifs is 16. The van der Waals surface area contributed by atoms with E-state index >= 15 is 0 Å². The summed E-state index contributed by atoms with van der Waals surface area (Å²) in [5, 5.41) is 10.2. The highest BCUT2D eigenvalue weighted by molar-refractivity contribution is 6.22. The zero-order valence-corrected chi connectivity index (χ0v) is 32.3. The molecule has 0 bridgehead atoms. The van der Waals surface area contributed by atoms with Crippen LogP contribution in [0.25, 0.3) is 98.7 Å². The van der Waals surface area contributed by atoms with Crippen LogP contribution in [0.1, 0.15) is 22.3 Å². The third kappa shape index (κ3) is 4.38. The minimum Gasteiger partial charge on any atom is -0.0622 e. The van der Waals surface area contributed by atoms with Gasteiger partial charge >= 0.3 is 0 Å². The van der Waals surface area contributed by atoms with E-state index in [1.54, 1.807) is 0 Å². The maximum Gasteiger partial charge on any atom is 0.0731 e. The molecule has 0 aromatic heterocycles. The van der Waals surface area contributed by atoms with E-state index in [1.807, 2.05) is 0 Å². The average Bonchev–Trinajstić information content (AvgIpc) is 3.79. The van der Waals surface area contributed by atoms with Gasteiger partial charge in [0.1, 0.15) is 0 Å². The van der Waals surface area contributed by atoms with Crippen LogP contribution in [0.5, 0.6) is 0 Å². The smallest absolute Gasteiger partial charge is 0.0622 e. The monoisotopic (exact) mass is 744 g/mol. The molecule has 0 saturated heterocycles. The van der Waals surface area contributed by atoms with Crippen molar-refractivity contribution in [1.82, 2.24) is 0 Å². The average molecular weight is 745 g/mol. The highest BCUT2D eigenvalue weighted by Gasteiger charge is 2.52. The maximum absolute atomic E-state index is 2.46. The Morgan fingerprint density at radius 3 is 1.39 bits per heavy atom. The Hall–Kier alpha value is -7.54. The molecule has 11 aromatic carbocycles. The van der Waals surface area contributed by atoms with Crippen LogP contribution in [0.15, 0.2) is 218 Å². The van der Waals surface area contributed by atoms with Gasteiger partial charge in [-0.1, -0.05) is 212 Å². The van der Waals surface area contributed by atoms with Crippen molar-refractivity contribution in [3.05, 3.63) is 241 Å². The third-order valence-corrected chi connectivity index (χ3v) is 13.5. The lowest BCUT2D eigenvalue weighted by Crippen LogP contribution is -2.26. The zero-order chi connectivity index (χ0) is 38.7. The largest absolute Gasteiger partial charge is 0.0731 e. The molecule has 2 aliphatic carbocycles. The molecule has 0 radical (unpaired) electrons. The van der Waals surface area contributed by atoms with E-state index in [2.05, 4.69) is 218 Å². The Kier molecular flexibility index (Phi) is 6.74. The van der Waals surface area contributed by atoms with E-state index < -0.39 is 5.41 Å². The lowest BCUT2D eigenvalue weighted by atomic mass is 9.69. The van der Waals surface area contributed by atoms with Gasteiger partial charge in [-0.3, -0.25) is 0 Å². The van der Waals surface area contributed by atoms with Crippen LogP contribution in [0.2, 0.25) is 0 Å². The molecule has 0 fully saturated rings. The molecule has 59 heavy (non-hydrogen) atoms. The van der Waals surface area contributed by atoms with Crippen molar-refractivity contribution in [2.45, 2.75) is 5.41 Å². The Labute approximate surface area is 343 Å². The van der Waals surface area contributed by atoms with E-state index in [0.29, 0.717) is 0 Å². The summed E-state index contributed by atoms with van der Waals surface area (Å²) < 4.78 is 0. The zero-order valence-electron chi connectivity index (χ0n) is 32.3. The molecule has 0 heterocycles. The van der Waals surface area contributed by atoms with Gasteiger partial charge in [0.2, 0.25) is 0 Å². The van der Waals surface area contributed by atoms with Crippen LogP contribution < -0.4 is 0 Å². The number of rotatable bonds is 3. The van der Waals surface area contributed by atoms with Crippen molar-refractivity contribution in [2.75, 3.05) is 0 Å². The van der Waals surface area contributed by atoms with Gasteiger partial charge in [0, 0.05) is 0 Å². The van der Waals surface area contributed by atoms with Crippen LogP contribution in [-0.2, 0) is 5.41 Å². The lowest BCUT2D eigenvalue weighted by molar-refractivity contribution is 0.802. The summed E-state index contributed by atoms with van der Waals surface area (Å²) in [6.45, 7) is 0. The van der Waals surface area contributed by atoms with Crippen molar-refractivity contribution in [3.8, 4) is 55.6 Å². The summed E-state index contributed by atoms with van der Waals surface area (Å²) >= 11 is 0. The summed E-state index contributed by atoms with van der Waals surface area (Å²) in [4.78, 5) is 0. The molecule has 0 saturated carbocycles. The standard InChI is InChI=1S/C59H36/c1-2-14-37(15-3-1)38-26-28-40(29-27-38)55-47-20-6-8-22-49(47)56(50-23-9-7-21-48(50)55)42-31-33-44-41(36-42)30-34-51-57-43-17-5-4-16-39(43)32-35-54(57)59(58(44)51)52-24-12-10-18-45(52)46-19-11-13-25-53(46)59/h1-36H. The normalized spacial score (nSPS) is 13.2. The Bertz CT molecular complexity index is 3430. The first kappa shape index (κ1) is 32.5. The predicted molar refractivity (Wildman–Crippen MR) is 249 cm³/mol. The van der Waals surface area contributed by atoms with Crippen molar-refractivity contribution < 1.29 is 0 Å². The van der Waals surface area contributed by atoms with E-state index in [1.165, 1.54) is 121 Å². The molecule has 0 atom stereocenters. The quantitative estimate of drug-likeness (QED) is 0.158. The number of hydrogen-bond donors (Lipinski definition) is 0. The van der Waals surface area contributed by atoms with Crippen LogP contribution in [0.4, 0.5) is 0 Å². The van der Waals surface area contributed by atoms with Gasteiger partial charge < -0.3 is 0 Å². The summed E-state index contributed by atoms with van der Waals surface area (Å²) in [7, 11) is 0. The molecule has 0 aliphatic heterocycles. The van der Waals surface area contributed by atoms with E-state index in [4.69, 9.17) is 0 Å². The first-order valence-electron chi connectivity index (χ1n) is 20.7. The summed E-state index contributed by atoms with van der Waals surface area (Å²) in [6, 6.07) is 81.8. The highest BCUT2D eigenvalue weighted by atomic mass is 14.5. The fourth-order valence-electron chi connectivity index (χ4n) is 11.1. The van der Waals surface area contributed by atoms with E-state index in [-0.39, 0.29) is 0 Å². The molecule has 13 rings (SSSR count). The highest BCUT2D eigenvalue weighted by Crippen LogP contribution is 2.65. The SMILES string of the molecule is c1ccc(-c2ccc(-c3c4ccccc4c(-c4ccc5c6c(ccc5c4)-c4c(ccc5ccccc45)C64c5ccccc5-c5ccccc54)c4ccccc34)cc2)cc1. The van der Waals surface area contributed by atoms with Crippen molar-refractivity contribution >= 4 is 43.1 Å². The van der Waals surface area contributed by atoms with Gasteiger partial charge in [-0.2, -0.15) is 0 Å². The molecule has 0 nitrogen and oxygen atoms in total. The molecule has 0 amide bonds. The van der Waals surface area contributed by atoms with Gasteiger partial charge in [-0.15, -0.1) is 0 Å². The first-order chi connectivity index (χ1) is 29.3. The van der Waals surface area contributed by atoms with Crippen LogP contribution in [-0.4, -0.2) is 0 Å². The minimum atomic E-state index is -0.431. The molecular formula is C59H36. The van der Waals surface area contributed by atoms with Crippen LogP contribution in [0.3, 0.4) is 0 Å². The Balaban J connectivity index is 1.07. The summed E-state index contributed by atoms with van der Waals surface area (Å²) in [6.07, 6.45) is 0. The fourth-order valence-corrected chi connectivity index (χ4v) is 11.1. The van der Waals surface area contributed by atoms with Gasteiger partial charge in [-0.25, -0.2) is 0 Å². The molecule has 0 unspecified atom stereocenters. The molecule has 2 aliphatic rings. The molecule has 272 valence electrons. The lowest BCUT2D eigenvalue weighted by Gasteiger charge is -2.31. The molecule has 1 spiro atoms. The van der Waals surface area contributed by atoms with Crippen LogP contribution >= 0.6 is 0 Å². The predicted octanol–water partition coefficient (Wildman–Crippen LogP) is 15.6. The van der Waals surface area contributed by atoms with Crippen LogP contribution in [0, 0.1) is 0 Å². The Morgan fingerprint density at radius 2 is 0.729 bits per heavy atom. The second kappa shape index (κ2) is 12.2. The molecule has 11 aromatic rings. The number of benzene rings is 11. The van der Waals surface area contributed by atoms with Crippen molar-refractivity contribution in [2.24, 2.45) is 0 Å². The second-order valence-corrected chi connectivity index (χ2v) is 16.3. The topological polar surface area (TPSA) is 0 Å². The van der Waals surface area contributed by atoms with Crippen molar-refractivity contribution in [3.63, 3.8) is 0 Å². The maximum atomic E-state index is 2.46. The third-order valence-electron chi connectivity index (χ3n) is 13.5. The first-order valence-corrected chi connectivity index (χ1v) is 20.7. The molecule has 0 heteroatoms. The van der Waals surface area contributed by atoms with Gasteiger partial charge in [0.15, 0.2) is 0 Å². The molecular weight excluding hydrogens is 709 g/mol. The minimum absolute atomic E-state index is 0.431. The van der Waals surface area contributed by atoms with Gasteiger partial charge in [-0.05, 0) is 127 Å².